The van der Waals surface area contributed by atoms with Crippen molar-refractivity contribution < 1.29 is 9.31 Å². The molecule has 1 atom stereocenters. The van der Waals surface area contributed by atoms with Gasteiger partial charge in [0, 0.05) is 0 Å². The zero-order valence-corrected chi connectivity index (χ0v) is 10.2. The third kappa shape index (κ3) is 1.41. The standard InChI is InChI=1S/C11H21BO2/c1-9(2)7-8(9)12-13-10(3,4)11(5,6)14-12/h8H,7H2,1-6H3. The minimum atomic E-state index is -0.170. The average molecular weight is 196 g/mol. The Balaban J connectivity index is 2.08. The van der Waals surface area contributed by atoms with Crippen molar-refractivity contribution in [1.82, 2.24) is 0 Å². The number of hydrogen-bond acceptors (Lipinski definition) is 2. The molecule has 0 spiro atoms. The van der Waals surface area contributed by atoms with Crippen molar-refractivity contribution in [2.24, 2.45) is 5.41 Å². The van der Waals surface area contributed by atoms with Gasteiger partial charge < -0.3 is 9.31 Å². The highest BCUT2D eigenvalue weighted by molar-refractivity contribution is 6.49. The summed E-state index contributed by atoms with van der Waals surface area (Å²) in [4.78, 5) is 0. The summed E-state index contributed by atoms with van der Waals surface area (Å²) < 4.78 is 12.0. The topological polar surface area (TPSA) is 18.5 Å². The fourth-order valence-electron chi connectivity index (χ4n) is 2.03. The van der Waals surface area contributed by atoms with E-state index in [0.29, 0.717) is 11.2 Å². The second kappa shape index (κ2) is 2.56. The molecule has 0 radical (unpaired) electrons. The van der Waals surface area contributed by atoms with Crippen molar-refractivity contribution >= 4 is 7.12 Å². The molecule has 1 unspecified atom stereocenters. The molecule has 1 aliphatic carbocycles. The zero-order valence-electron chi connectivity index (χ0n) is 10.2. The van der Waals surface area contributed by atoms with Crippen LogP contribution in [-0.2, 0) is 9.31 Å². The predicted molar refractivity (Wildman–Crippen MR) is 58.2 cm³/mol. The third-order valence-corrected chi connectivity index (χ3v) is 4.19. The van der Waals surface area contributed by atoms with Gasteiger partial charge in [0.05, 0.1) is 11.2 Å². The Labute approximate surface area is 87.5 Å². The first-order chi connectivity index (χ1) is 6.16. The van der Waals surface area contributed by atoms with E-state index in [2.05, 4.69) is 41.5 Å². The van der Waals surface area contributed by atoms with Gasteiger partial charge in [0.25, 0.3) is 0 Å². The van der Waals surface area contributed by atoms with Crippen LogP contribution in [0.15, 0.2) is 0 Å². The van der Waals surface area contributed by atoms with Crippen LogP contribution in [0.4, 0.5) is 0 Å². The van der Waals surface area contributed by atoms with E-state index in [1.807, 2.05) is 0 Å². The highest BCUT2D eigenvalue weighted by Crippen LogP contribution is 2.61. The first-order valence-corrected chi connectivity index (χ1v) is 5.51. The molecule has 1 saturated heterocycles. The first-order valence-electron chi connectivity index (χ1n) is 5.51. The van der Waals surface area contributed by atoms with E-state index in [-0.39, 0.29) is 18.3 Å². The molecule has 0 aromatic heterocycles. The number of hydrogen-bond donors (Lipinski definition) is 0. The summed E-state index contributed by atoms with van der Waals surface area (Å²) in [6, 6.07) is 0. The van der Waals surface area contributed by atoms with Crippen LogP contribution < -0.4 is 0 Å². The van der Waals surface area contributed by atoms with Crippen molar-refractivity contribution in [2.75, 3.05) is 0 Å². The van der Waals surface area contributed by atoms with Crippen molar-refractivity contribution in [3.63, 3.8) is 0 Å². The molecule has 1 aliphatic heterocycles. The van der Waals surface area contributed by atoms with E-state index in [4.69, 9.17) is 9.31 Å². The Morgan fingerprint density at radius 2 is 1.29 bits per heavy atom. The maximum atomic E-state index is 6.00. The van der Waals surface area contributed by atoms with Gasteiger partial charge in [-0.25, -0.2) is 0 Å². The summed E-state index contributed by atoms with van der Waals surface area (Å²) in [6.45, 7) is 13.0. The van der Waals surface area contributed by atoms with Gasteiger partial charge >= 0.3 is 7.12 Å². The summed E-state index contributed by atoms with van der Waals surface area (Å²) in [5.41, 5.74) is 0.0772. The van der Waals surface area contributed by atoms with Crippen molar-refractivity contribution in [2.45, 2.75) is 65.0 Å². The summed E-state index contributed by atoms with van der Waals surface area (Å²) in [5, 5.41) is 0. The summed E-state index contributed by atoms with van der Waals surface area (Å²) in [7, 11) is 0.00926. The molecule has 1 saturated carbocycles. The van der Waals surface area contributed by atoms with Crippen LogP contribution in [0, 0.1) is 5.41 Å². The SMILES string of the molecule is CC1(C)CC1B1OC(C)(C)C(C)(C)O1. The van der Waals surface area contributed by atoms with Gasteiger partial charge in [0.15, 0.2) is 0 Å². The molecule has 0 aromatic carbocycles. The number of rotatable bonds is 1. The molecule has 0 N–H and O–H groups in total. The van der Waals surface area contributed by atoms with E-state index >= 15 is 0 Å². The van der Waals surface area contributed by atoms with Crippen molar-refractivity contribution in [3.8, 4) is 0 Å². The van der Waals surface area contributed by atoms with Crippen LogP contribution >= 0.6 is 0 Å². The van der Waals surface area contributed by atoms with Crippen LogP contribution in [0.1, 0.15) is 48.0 Å². The fraction of sp³-hybridized carbons (Fsp3) is 1.00. The minimum absolute atomic E-state index is 0.00926. The van der Waals surface area contributed by atoms with Crippen LogP contribution in [0.2, 0.25) is 5.82 Å². The van der Waals surface area contributed by atoms with Crippen molar-refractivity contribution in [1.29, 1.82) is 0 Å². The molecule has 2 rings (SSSR count). The van der Waals surface area contributed by atoms with Crippen LogP contribution in [-0.4, -0.2) is 18.3 Å². The minimum Gasteiger partial charge on any atom is -0.403 e. The molecule has 3 heteroatoms. The molecule has 14 heavy (non-hydrogen) atoms. The van der Waals surface area contributed by atoms with E-state index in [1.165, 1.54) is 6.42 Å². The Morgan fingerprint density at radius 3 is 1.57 bits per heavy atom. The maximum absolute atomic E-state index is 6.00. The molecular formula is C11H21BO2. The summed E-state index contributed by atoms with van der Waals surface area (Å²) in [6.07, 6.45) is 1.23. The molecule has 1 heterocycles. The average Bonchev–Trinajstić information content (AvgIpc) is 2.49. The molecule has 0 amide bonds. The predicted octanol–water partition coefficient (Wildman–Crippen LogP) is 2.88. The highest BCUT2D eigenvalue weighted by atomic mass is 16.7. The summed E-state index contributed by atoms with van der Waals surface area (Å²) in [5.74, 6) is 0.587. The Morgan fingerprint density at radius 1 is 0.929 bits per heavy atom. The van der Waals surface area contributed by atoms with E-state index in [1.54, 1.807) is 0 Å². The monoisotopic (exact) mass is 196 g/mol. The van der Waals surface area contributed by atoms with Crippen molar-refractivity contribution in [3.05, 3.63) is 0 Å². The fourth-order valence-corrected chi connectivity index (χ4v) is 2.03. The Kier molecular flexibility index (Phi) is 1.92. The molecule has 80 valence electrons. The van der Waals surface area contributed by atoms with Gasteiger partial charge in [-0.1, -0.05) is 13.8 Å². The molecule has 2 fully saturated rings. The van der Waals surface area contributed by atoms with Gasteiger partial charge in [0.2, 0.25) is 0 Å². The van der Waals surface area contributed by atoms with Crippen LogP contribution in [0.25, 0.3) is 0 Å². The lowest BCUT2D eigenvalue weighted by Crippen LogP contribution is -2.41. The van der Waals surface area contributed by atoms with Gasteiger partial charge in [-0.3, -0.25) is 0 Å². The van der Waals surface area contributed by atoms with Crippen LogP contribution in [0.5, 0.6) is 0 Å². The first kappa shape index (κ1) is 10.5. The lowest BCUT2D eigenvalue weighted by Gasteiger charge is -2.32. The maximum Gasteiger partial charge on any atom is 0.461 e. The lowest BCUT2D eigenvalue weighted by molar-refractivity contribution is 0.00578. The molecular weight excluding hydrogens is 175 g/mol. The van der Waals surface area contributed by atoms with Gasteiger partial charge in [0.1, 0.15) is 0 Å². The third-order valence-electron chi connectivity index (χ3n) is 4.19. The van der Waals surface area contributed by atoms with E-state index in [9.17, 15) is 0 Å². The molecule has 2 aliphatic rings. The molecule has 0 aromatic rings. The van der Waals surface area contributed by atoms with Crippen LogP contribution in [0.3, 0.4) is 0 Å². The normalized spacial score (nSPS) is 37.3. The zero-order chi connectivity index (χ0) is 10.8. The Hall–Kier alpha value is -0.0151. The second-order valence-electron chi connectivity index (χ2n) is 6.42. The van der Waals surface area contributed by atoms with E-state index < -0.39 is 0 Å². The summed E-state index contributed by atoms with van der Waals surface area (Å²) >= 11 is 0. The molecule has 0 bridgehead atoms. The van der Waals surface area contributed by atoms with Gasteiger partial charge in [-0.15, -0.1) is 0 Å². The Bertz CT molecular complexity index is 242. The smallest absolute Gasteiger partial charge is 0.403 e. The quantitative estimate of drug-likeness (QED) is 0.600. The molecule has 2 nitrogen and oxygen atoms in total. The van der Waals surface area contributed by atoms with E-state index in [0.717, 1.165) is 0 Å². The highest BCUT2D eigenvalue weighted by Gasteiger charge is 2.62. The van der Waals surface area contributed by atoms with Gasteiger partial charge in [-0.05, 0) is 45.3 Å². The lowest BCUT2D eigenvalue weighted by atomic mass is 9.78. The largest absolute Gasteiger partial charge is 0.461 e. The second-order valence-corrected chi connectivity index (χ2v) is 6.42. The van der Waals surface area contributed by atoms with Gasteiger partial charge in [-0.2, -0.15) is 0 Å².